The van der Waals surface area contributed by atoms with Crippen molar-refractivity contribution in [1.29, 1.82) is 0 Å². The first-order valence-corrected chi connectivity index (χ1v) is 6.18. The van der Waals surface area contributed by atoms with Crippen LogP contribution in [0.3, 0.4) is 0 Å². The summed E-state index contributed by atoms with van der Waals surface area (Å²) in [6.07, 6.45) is 4.51. The molecule has 1 aromatic heterocycles. The summed E-state index contributed by atoms with van der Waals surface area (Å²) in [5.41, 5.74) is 0.352. The lowest BCUT2D eigenvalue weighted by atomic mass is 9.93. The molecular formula is C12H17N3O4. The summed E-state index contributed by atoms with van der Waals surface area (Å²) in [7, 11) is 1.69. The molecule has 1 aliphatic rings. The number of amides is 1. The number of carbonyl (C=O) groups excluding carboxylic acids is 1. The summed E-state index contributed by atoms with van der Waals surface area (Å²) in [5.74, 6) is -1.65. The molecule has 0 bridgehead atoms. The number of carboxylic acid groups (broad SMARTS) is 1. The Kier molecular flexibility index (Phi) is 4.16. The van der Waals surface area contributed by atoms with Crippen molar-refractivity contribution >= 4 is 11.9 Å². The second kappa shape index (κ2) is 5.83. The highest BCUT2D eigenvalue weighted by Crippen LogP contribution is 2.18. The number of hydrogen-bond donors (Lipinski definition) is 2. The quantitative estimate of drug-likeness (QED) is 0.802. The Morgan fingerprint density at radius 1 is 1.63 bits per heavy atom. The van der Waals surface area contributed by atoms with Crippen molar-refractivity contribution in [3.8, 4) is 0 Å². The summed E-state index contributed by atoms with van der Waals surface area (Å²) in [5, 5.41) is 15.7. The molecule has 104 valence electrons. The fourth-order valence-electron chi connectivity index (χ4n) is 2.17. The Labute approximate surface area is 110 Å². The number of hydrogen-bond acceptors (Lipinski definition) is 4. The SMILES string of the molecule is Cn1cc(C(=O)NC(C(=O)O)C2CCCOC2)cn1. The Balaban J connectivity index is 2.04. The average Bonchev–Trinajstić information content (AvgIpc) is 2.83. The molecule has 2 atom stereocenters. The molecule has 2 rings (SSSR count). The van der Waals surface area contributed by atoms with Gasteiger partial charge in [-0.2, -0.15) is 5.10 Å². The van der Waals surface area contributed by atoms with Gasteiger partial charge in [0, 0.05) is 25.8 Å². The molecular weight excluding hydrogens is 250 g/mol. The smallest absolute Gasteiger partial charge is 0.326 e. The van der Waals surface area contributed by atoms with Gasteiger partial charge < -0.3 is 15.2 Å². The molecule has 0 saturated carbocycles. The molecule has 0 aliphatic carbocycles. The lowest BCUT2D eigenvalue weighted by Gasteiger charge is -2.27. The van der Waals surface area contributed by atoms with Gasteiger partial charge in [0.15, 0.2) is 0 Å². The number of rotatable bonds is 4. The van der Waals surface area contributed by atoms with Gasteiger partial charge in [0.25, 0.3) is 5.91 Å². The summed E-state index contributed by atoms with van der Waals surface area (Å²) in [6.45, 7) is 1.02. The average molecular weight is 267 g/mol. The zero-order valence-corrected chi connectivity index (χ0v) is 10.7. The van der Waals surface area contributed by atoms with Crippen LogP contribution in [0.1, 0.15) is 23.2 Å². The predicted octanol–water partition coefficient (Wildman–Crippen LogP) is 0.0297. The summed E-state index contributed by atoms with van der Waals surface area (Å²) in [4.78, 5) is 23.2. The van der Waals surface area contributed by atoms with E-state index in [0.717, 1.165) is 12.8 Å². The molecule has 1 amide bonds. The Morgan fingerprint density at radius 3 is 2.95 bits per heavy atom. The van der Waals surface area contributed by atoms with Crippen molar-refractivity contribution in [1.82, 2.24) is 15.1 Å². The third kappa shape index (κ3) is 3.31. The highest BCUT2D eigenvalue weighted by molar-refractivity contribution is 5.96. The number of aryl methyl sites for hydroxylation is 1. The van der Waals surface area contributed by atoms with Gasteiger partial charge in [-0.3, -0.25) is 9.48 Å². The molecule has 19 heavy (non-hydrogen) atoms. The van der Waals surface area contributed by atoms with Gasteiger partial charge in [-0.25, -0.2) is 4.79 Å². The van der Waals surface area contributed by atoms with Crippen molar-refractivity contribution in [2.75, 3.05) is 13.2 Å². The standard InChI is InChI=1S/C12H17N3O4/c1-15-6-9(5-13-15)11(16)14-10(12(17)18)8-3-2-4-19-7-8/h5-6,8,10H,2-4,7H2,1H3,(H,14,16)(H,17,18). The topological polar surface area (TPSA) is 93.5 Å². The maximum atomic E-state index is 11.9. The van der Waals surface area contributed by atoms with Crippen molar-refractivity contribution in [2.24, 2.45) is 13.0 Å². The molecule has 0 spiro atoms. The molecule has 7 heteroatoms. The Hall–Kier alpha value is -1.89. The second-order valence-corrected chi connectivity index (χ2v) is 4.67. The van der Waals surface area contributed by atoms with Crippen LogP contribution in [0, 0.1) is 5.92 Å². The zero-order chi connectivity index (χ0) is 13.8. The second-order valence-electron chi connectivity index (χ2n) is 4.67. The van der Waals surface area contributed by atoms with Crippen LogP contribution in [-0.4, -0.2) is 46.0 Å². The number of aliphatic carboxylic acids is 1. The summed E-state index contributed by atoms with van der Waals surface area (Å²) >= 11 is 0. The lowest BCUT2D eigenvalue weighted by molar-refractivity contribution is -0.142. The third-order valence-electron chi connectivity index (χ3n) is 3.19. The van der Waals surface area contributed by atoms with Crippen LogP contribution in [0.5, 0.6) is 0 Å². The maximum Gasteiger partial charge on any atom is 0.326 e. The van der Waals surface area contributed by atoms with Crippen molar-refractivity contribution in [3.05, 3.63) is 18.0 Å². The van der Waals surface area contributed by atoms with E-state index in [9.17, 15) is 14.7 Å². The fourth-order valence-corrected chi connectivity index (χ4v) is 2.17. The molecule has 1 aromatic rings. The minimum Gasteiger partial charge on any atom is -0.480 e. The van der Waals surface area contributed by atoms with Crippen LogP contribution in [0.25, 0.3) is 0 Å². The van der Waals surface area contributed by atoms with E-state index in [4.69, 9.17) is 4.74 Å². The molecule has 7 nitrogen and oxygen atoms in total. The Morgan fingerprint density at radius 2 is 2.42 bits per heavy atom. The number of aromatic nitrogens is 2. The van der Waals surface area contributed by atoms with Crippen LogP contribution in [0.4, 0.5) is 0 Å². The van der Waals surface area contributed by atoms with Crippen LogP contribution < -0.4 is 5.32 Å². The molecule has 0 aromatic carbocycles. The minimum absolute atomic E-state index is 0.188. The van der Waals surface area contributed by atoms with Gasteiger partial charge in [-0.15, -0.1) is 0 Å². The van der Waals surface area contributed by atoms with E-state index in [0.29, 0.717) is 18.8 Å². The van der Waals surface area contributed by atoms with Gasteiger partial charge in [0.05, 0.1) is 18.4 Å². The first-order valence-electron chi connectivity index (χ1n) is 6.18. The number of nitrogens with one attached hydrogen (secondary N) is 1. The molecule has 1 fully saturated rings. The van der Waals surface area contributed by atoms with Crippen molar-refractivity contribution < 1.29 is 19.4 Å². The van der Waals surface area contributed by atoms with Crippen LogP contribution >= 0.6 is 0 Å². The zero-order valence-electron chi connectivity index (χ0n) is 10.7. The first kappa shape index (κ1) is 13.5. The number of nitrogens with zero attached hydrogens (tertiary/aromatic N) is 2. The van der Waals surface area contributed by atoms with Crippen molar-refractivity contribution in [2.45, 2.75) is 18.9 Å². The first-order chi connectivity index (χ1) is 9.08. The number of carboxylic acids is 1. The Bertz CT molecular complexity index is 465. The van der Waals surface area contributed by atoms with Crippen LogP contribution in [0.15, 0.2) is 12.4 Å². The van der Waals surface area contributed by atoms with Gasteiger partial charge in [-0.05, 0) is 12.8 Å². The molecule has 1 saturated heterocycles. The van der Waals surface area contributed by atoms with Crippen molar-refractivity contribution in [3.63, 3.8) is 0 Å². The van der Waals surface area contributed by atoms with Gasteiger partial charge in [-0.1, -0.05) is 0 Å². The highest BCUT2D eigenvalue weighted by atomic mass is 16.5. The maximum absolute atomic E-state index is 11.9. The normalized spacial score (nSPS) is 20.8. The van der Waals surface area contributed by atoms with Gasteiger partial charge in [0.2, 0.25) is 0 Å². The fraction of sp³-hybridized carbons (Fsp3) is 0.583. The molecule has 1 aliphatic heterocycles. The lowest BCUT2D eigenvalue weighted by Crippen LogP contribution is -2.48. The highest BCUT2D eigenvalue weighted by Gasteiger charge is 2.31. The van der Waals surface area contributed by atoms with Crippen LogP contribution in [0.2, 0.25) is 0 Å². The van der Waals surface area contributed by atoms with E-state index >= 15 is 0 Å². The number of ether oxygens (including phenoxy) is 1. The molecule has 2 unspecified atom stereocenters. The monoisotopic (exact) mass is 267 g/mol. The summed E-state index contributed by atoms with van der Waals surface area (Å²) in [6, 6.07) is -0.923. The molecule has 0 radical (unpaired) electrons. The van der Waals surface area contributed by atoms with E-state index in [1.54, 1.807) is 13.2 Å². The summed E-state index contributed by atoms with van der Waals surface area (Å²) < 4.78 is 6.77. The van der Waals surface area contributed by atoms with Gasteiger partial charge >= 0.3 is 5.97 Å². The molecule has 2 heterocycles. The van der Waals surface area contributed by atoms with E-state index in [1.807, 2.05) is 0 Å². The largest absolute Gasteiger partial charge is 0.480 e. The van der Waals surface area contributed by atoms with E-state index in [-0.39, 0.29) is 5.92 Å². The van der Waals surface area contributed by atoms with Crippen LogP contribution in [-0.2, 0) is 16.6 Å². The predicted molar refractivity (Wildman–Crippen MR) is 65.6 cm³/mol. The van der Waals surface area contributed by atoms with Gasteiger partial charge in [0.1, 0.15) is 6.04 Å². The minimum atomic E-state index is -1.03. The van der Waals surface area contributed by atoms with E-state index in [2.05, 4.69) is 10.4 Å². The molecule has 2 N–H and O–H groups in total. The number of carbonyl (C=O) groups is 2. The van der Waals surface area contributed by atoms with E-state index < -0.39 is 17.9 Å². The van der Waals surface area contributed by atoms with E-state index in [1.165, 1.54) is 10.9 Å². The third-order valence-corrected chi connectivity index (χ3v) is 3.19.